The highest BCUT2D eigenvalue weighted by Crippen LogP contribution is 2.39. The molecule has 0 aliphatic carbocycles. The van der Waals surface area contributed by atoms with Crippen molar-refractivity contribution in [3.63, 3.8) is 0 Å². The number of carbonyl (C=O) groups excluding carboxylic acids is 3. The molecule has 3 aromatic carbocycles. The lowest BCUT2D eigenvalue weighted by Gasteiger charge is -2.37. The molecule has 5 rings (SSSR count). The number of benzene rings is 3. The highest BCUT2D eigenvalue weighted by Gasteiger charge is 2.31. The third-order valence-electron chi connectivity index (χ3n) is 7.41. The number of fused-ring (bicyclic) bond motifs is 1. The molecule has 1 N–H and O–H groups in total. The summed E-state index contributed by atoms with van der Waals surface area (Å²) in [7, 11) is 1.75. The Bertz CT molecular complexity index is 1480. The lowest BCUT2D eigenvalue weighted by atomic mass is 9.99. The van der Waals surface area contributed by atoms with Gasteiger partial charge in [-0.3, -0.25) is 24.2 Å². The molecule has 1 unspecified atom stereocenters. The van der Waals surface area contributed by atoms with E-state index in [1.807, 2.05) is 24.3 Å². The molecule has 0 bridgehead atoms. The molecule has 2 heterocycles. The molecule has 2 aliphatic heterocycles. The molecule has 3 aromatic rings. The minimum absolute atomic E-state index is 0.0801. The highest BCUT2D eigenvalue weighted by atomic mass is 35.5. The summed E-state index contributed by atoms with van der Waals surface area (Å²) in [6.45, 7) is 4.28. The van der Waals surface area contributed by atoms with Gasteiger partial charge in [0.15, 0.2) is 6.61 Å². The molecule has 11 heteroatoms. The minimum atomic E-state index is -0.328. The summed E-state index contributed by atoms with van der Waals surface area (Å²) < 4.78 is 11.1. The van der Waals surface area contributed by atoms with Crippen molar-refractivity contribution >= 4 is 52.3 Å². The predicted molar refractivity (Wildman–Crippen MR) is 163 cm³/mol. The zero-order chi connectivity index (χ0) is 29.8. The van der Waals surface area contributed by atoms with E-state index in [1.54, 1.807) is 24.1 Å². The molecule has 0 saturated carbocycles. The number of halogens is 2. The van der Waals surface area contributed by atoms with Crippen LogP contribution in [0.2, 0.25) is 10.0 Å². The highest BCUT2D eigenvalue weighted by molar-refractivity contribution is 6.42. The van der Waals surface area contributed by atoms with Gasteiger partial charge in [-0.05, 0) is 34.9 Å². The maximum absolute atomic E-state index is 13.5. The van der Waals surface area contributed by atoms with Crippen LogP contribution >= 0.6 is 23.2 Å². The van der Waals surface area contributed by atoms with Gasteiger partial charge in [-0.2, -0.15) is 0 Å². The third kappa shape index (κ3) is 6.87. The Hall–Kier alpha value is -3.63. The monoisotopic (exact) mass is 610 g/mol. The van der Waals surface area contributed by atoms with E-state index in [2.05, 4.69) is 34.5 Å². The van der Waals surface area contributed by atoms with Crippen LogP contribution in [0.15, 0.2) is 60.7 Å². The zero-order valence-corrected chi connectivity index (χ0v) is 25.0. The first-order valence-electron chi connectivity index (χ1n) is 13.7. The van der Waals surface area contributed by atoms with Crippen molar-refractivity contribution in [1.82, 2.24) is 9.80 Å². The first kappa shape index (κ1) is 29.8. The van der Waals surface area contributed by atoms with Crippen molar-refractivity contribution in [3.05, 3.63) is 76.3 Å². The second kappa shape index (κ2) is 13.1. The van der Waals surface area contributed by atoms with E-state index in [-0.39, 0.29) is 41.9 Å². The number of hydrogen-bond acceptors (Lipinski definition) is 6. The first-order valence-corrected chi connectivity index (χ1v) is 14.4. The fourth-order valence-corrected chi connectivity index (χ4v) is 5.50. The molecular formula is C31H32Cl2N4O5. The lowest BCUT2D eigenvalue weighted by molar-refractivity contribution is -0.131. The molecule has 9 nitrogen and oxygen atoms in total. The number of anilines is 2. The van der Waals surface area contributed by atoms with Crippen LogP contribution in [0.5, 0.6) is 5.75 Å². The number of likely N-dealkylation sites (N-methyl/N-ethyl adjacent to an activating group) is 1. The Morgan fingerprint density at radius 2 is 1.71 bits per heavy atom. The fraction of sp³-hybridized carbons (Fsp3) is 0.323. The van der Waals surface area contributed by atoms with Crippen molar-refractivity contribution in [1.29, 1.82) is 0 Å². The van der Waals surface area contributed by atoms with E-state index in [9.17, 15) is 14.4 Å². The quantitative estimate of drug-likeness (QED) is 0.391. The van der Waals surface area contributed by atoms with E-state index in [4.69, 9.17) is 32.7 Å². The van der Waals surface area contributed by atoms with E-state index < -0.39 is 0 Å². The van der Waals surface area contributed by atoms with Crippen LogP contribution in [-0.2, 0) is 19.1 Å². The van der Waals surface area contributed by atoms with Crippen LogP contribution in [0.1, 0.15) is 18.5 Å². The summed E-state index contributed by atoms with van der Waals surface area (Å²) >= 11 is 12.3. The second-order valence-electron chi connectivity index (χ2n) is 10.3. The molecule has 3 amide bonds. The van der Waals surface area contributed by atoms with Gasteiger partial charge in [-0.15, -0.1) is 0 Å². The number of nitrogens with one attached hydrogen (secondary N) is 1. The largest absolute Gasteiger partial charge is 0.482 e. The molecule has 0 radical (unpaired) electrons. The number of ether oxygens (including phenoxy) is 2. The minimum Gasteiger partial charge on any atom is -0.482 e. The van der Waals surface area contributed by atoms with Gasteiger partial charge in [0.25, 0.3) is 5.91 Å². The third-order valence-corrected chi connectivity index (χ3v) is 8.13. The Balaban J connectivity index is 1.34. The topological polar surface area (TPSA) is 91.4 Å². The first-order chi connectivity index (χ1) is 20.2. The van der Waals surface area contributed by atoms with E-state index in [1.165, 1.54) is 11.8 Å². The zero-order valence-electron chi connectivity index (χ0n) is 23.4. The Labute approximate surface area is 254 Å². The summed E-state index contributed by atoms with van der Waals surface area (Å²) in [5.74, 6) is -0.254. The van der Waals surface area contributed by atoms with Gasteiger partial charge in [-0.25, -0.2) is 0 Å². The maximum Gasteiger partial charge on any atom is 0.265 e. The molecular weight excluding hydrogens is 579 g/mol. The van der Waals surface area contributed by atoms with Gasteiger partial charge >= 0.3 is 0 Å². The van der Waals surface area contributed by atoms with Crippen LogP contribution in [0.25, 0.3) is 11.1 Å². The molecule has 1 atom stereocenters. The van der Waals surface area contributed by atoms with Crippen LogP contribution < -0.4 is 15.0 Å². The van der Waals surface area contributed by atoms with Gasteiger partial charge < -0.3 is 19.7 Å². The molecule has 42 heavy (non-hydrogen) atoms. The number of amides is 3. The standard InChI is InChI=1S/C31H32Cl2N4O5/c1-20(38)34-24-5-3-4-23(14-24)21-6-8-22(9-7-21)28(36-10-12-41-13-11-36)17-35(2)30(39)18-37-27-15-25(32)26(33)16-29(27)42-19-31(37)40/h3-9,14-16,28H,10-13,17-19H2,1-2H3,(H,34,38). The van der Waals surface area contributed by atoms with Crippen molar-refractivity contribution in [2.45, 2.75) is 13.0 Å². The van der Waals surface area contributed by atoms with Gasteiger partial charge in [-0.1, -0.05) is 59.6 Å². The normalized spacial score (nSPS) is 15.9. The Morgan fingerprint density at radius 1 is 1.00 bits per heavy atom. The summed E-state index contributed by atoms with van der Waals surface area (Å²) in [6, 6.07) is 19.0. The summed E-state index contributed by atoms with van der Waals surface area (Å²) in [4.78, 5) is 43.1. The Morgan fingerprint density at radius 3 is 2.43 bits per heavy atom. The van der Waals surface area contributed by atoms with Crippen LogP contribution in [0, 0.1) is 0 Å². The molecule has 220 valence electrons. The van der Waals surface area contributed by atoms with E-state index >= 15 is 0 Å². The predicted octanol–water partition coefficient (Wildman–Crippen LogP) is 4.88. The molecule has 1 fully saturated rings. The van der Waals surface area contributed by atoms with Crippen molar-refractivity contribution in [2.24, 2.45) is 0 Å². The van der Waals surface area contributed by atoms with Crippen molar-refractivity contribution in [2.75, 3.05) is 63.3 Å². The lowest BCUT2D eigenvalue weighted by Crippen LogP contribution is -2.48. The van der Waals surface area contributed by atoms with Gasteiger partial charge in [0, 0.05) is 45.4 Å². The number of rotatable bonds is 8. The van der Waals surface area contributed by atoms with Crippen molar-refractivity contribution < 1.29 is 23.9 Å². The summed E-state index contributed by atoms with van der Waals surface area (Å²) in [5, 5.41) is 3.41. The van der Waals surface area contributed by atoms with Gasteiger partial charge in [0.05, 0.1) is 35.0 Å². The van der Waals surface area contributed by atoms with Crippen LogP contribution in [0.4, 0.5) is 11.4 Å². The molecule has 2 aliphatic rings. The second-order valence-corrected chi connectivity index (χ2v) is 11.1. The number of nitrogens with zero attached hydrogens (tertiary/aromatic N) is 3. The van der Waals surface area contributed by atoms with Crippen LogP contribution in [0.3, 0.4) is 0 Å². The maximum atomic E-state index is 13.5. The van der Waals surface area contributed by atoms with E-state index in [0.717, 1.165) is 35.5 Å². The van der Waals surface area contributed by atoms with Crippen molar-refractivity contribution in [3.8, 4) is 16.9 Å². The summed E-state index contributed by atoms with van der Waals surface area (Å²) in [6.07, 6.45) is 0. The molecule has 0 aromatic heterocycles. The van der Waals surface area contributed by atoms with Crippen LogP contribution in [-0.4, -0.2) is 80.6 Å². The average Bonchev–Trinajstić information content (AvgIpc) is 2.98. The smallest absolute Gasteiger partial charge is 0.265 e. The molecule has 0 spiro atoms. The summed E-state index contributed by atoms with van der Waals surface area (Å²) in [5.41, 5.74) is 4.22. The fourth-order valence-electron chi connectivity index (χ4n) is 5.19. The Kier molecular flexibility index (Phi) is 9.33. The SMILES string of the molecule is CC(=O)Nc1cccc(-c2ccc(C(CN(C)C(=O)CN3C(=O)COc4cc(Cl)c(Cl)cc43)N3CCOCC3)cc2)c1. The molecule has 1 saturated heterocycles. The van der Waals surface area contributed by atoms with Gasteiger partial charge in [0.1, 0.15) is 12.3 Å². The average molecular weight is 612 g/mol. The van der Waals surface area contributed by atoms with E-state index in [0.29, 0.717) is 36.2 Å². The number of morpholine rings is 1. The van der Waals surface area contributed by atoms with Gasteiger partial charge in [0.2, 0.25) is 11.8 Å². The number of hydrogen-bond donors (Lipinski definition) is 1. The number of carbonyl (C=O) groups is 3.